The molecular formula is C22H22ClN3O5S2. The normalized spacial score (nSPS) is 12.0. The molecule has 0 aliphatic heterocycles. The molecule has 3 N–H and O–H groups in total. The Labute approximate surface area is 198 Å². The zero-order chi connectivity index (χ0) is 24.2. The van der Waals surface area contributed by atoms with Crippen molar-refractivity contribution >= 4 is 43.2 Å². The predicted octanol–water partition coefficient (Wildman–Crippen LogP) is 3.13. The maximum Gasteiger partial charge on any atom is 0.243 e. The van der Waals surface area contributed by atoms with E-state index in [0.717, 1.165) is 9.87 Å². The lowest BCUT2D eigenvalue weighted by atomic mass is 10.2. The average molecular weight is 508 g/mol. The van der Waals surface area contributed by atoms with Gasteiger partial charge in [-0.25, -0.2) is 22.0 Å². The number of carbonyl (C=O) groups excluding carboxylic acids is 1. The highest BCUT2D eigenvalue weighted by atomic mass is 35.5. The molecule has 0 heterocycles. The minimum atomic E-state index is -4.01. The first-order valence-electron chi connectivity index (χ1n) is 9.69. The molecule has 3 rings (SSSR count). The Morgan fingerprint density at radius 2 is 1.55 bits per heavy atom. The highest BCUT2D eigenvalue weighted by Crippen LogP contribution is 2.21. The van der Waals surface area contributed by atoms with Crippen molar-refractivity contribution in [1.29, 1.82) is 0 Å². The second-order valence-electron chi connectivity index (χ2n) is 7.33. The standard InChI is InChI=1S/C22H22ClN3O5S2/c1-16-5-9-21(10-6-16)33(30,31)26(14-17-3-2-4-18(23)13-17)15-22(27)25-19-7-11-20(12-8-19)32(24,28)29/h2-13H,14-15H2,1H3,(H,25,27)(H2,24,28,29). The van der Waals surface area contributed by atoms with Crippen molar-refractivity contribution in [2.75, 3.05) is 11.9 Å². The van der Waals surface area contributed by atoms with E-state index in [9.17, 15) is 21.6 Å². The number of benzene rings is 3. The second-order valence-corrected chi connectivity index (χ2v) is 11.3. The van der Waals surface area contributed by atoms with Crippen LogP contribution in [0, 0.1) is 6.92 Å². The number of nitrogens with two attached hydrogens (primary N) is 1. The monoisotopic (exact) mass is 507 g/mol. The zero-order valence-electron chi connectivity index (χ0n) is 17.6. The van der Waals surface area contributed by atoms with Gasteiger partial charge in [-0.1, -0.05) is 41.4 Å². The van der Waals surface area contributed by atoms with E-state index in [1.54, 1.807) is 36.4 Å². The van der Waals surface area contributed by atoms with Crippen LogP contribution < -0.4 is 10.5 Å². The first-order chi connectivity index (χ1) is 15.4. The van der Waals surface area contributed by atoms with Crippen LogP contribution in [0.25, 0.3) is 0 Å². The molecule has 0 fully saturated rings. The Morgan fingerprint density at radius 1 is 0.939 bits per heavy atom. The summed E-state index contributed by atoms with van der Waals surface area (Å²) in [6.07, 6.45) is 0. The topological polar surface area (TPSA) is 127 Å². The van der Waals surface area contributed by atoms with Gasteiger partial charge in [0.25, 0.3) is 0 Å². The number of carbonyl (C=O) groups is 1. The Balaban J connectivity index is 1.85. The van der Waals surface area contributed by atoms with Crippen LogP contribution in [0.5, 0.6) is 0 Å². The van der Waals surface area contributed by atoms with E-state index in [1.165, 1.54) is 36.4 Å². The first-order valence-corrected chi connectivity index (χ1v) is 13.1. The quantitative estimate of drug-likeness (QED) is 0.484. The van der Waals surface area contributed by atoms with Crippen molar-refractivity contribution in [1.82, 2.24) is 4.31 Å². The molecule has 0 atom stereocenters. The van der Waals surface area contributed by atoms with Gasteiger partial charge >= 0.3 is 0 Å². The van der Waals surface area contributed by atoms with Crippen LogP contribution in [0.15, 0.2) is 82.6 Å². The van der Waals surface area contributed by atoms with E-state index in [4.69, 9.17) is 16.7 Å². The van der Waals surface area contributed by atoms with E-state index in [0.29, 0.717) is 16.3 Å². The lowest BCUT2D eigenvalue weighted by molar-refractivity contribution is -0.116. The summed E-state index contributed by atoms with van der Waals surface area (Å²) in [5.74, 6) is -0.601. The van der Waals surface area contributed by atoms with Gasteiger partial charge in [0, 0.05) is 17.3 Å². The molecule has 0 aromatic heterocycles. The Morgan fingerprint density at radius 3 is 2.12 bits per heavy atom. The summed E-state index contributed by atoms with van der Waals surface area (Å²) in [7, 11) is -7.88. The molecule has 3 aromatic rings. The molecule has 0 aliphatic rings. The number of anilines is 1. The van der Waals surface area contributed by atoms with Crippen LogP contribution >= 0.6 is 11.6 Å². The summed E-state index contributed by atoms with van der Waals surface area (Å²) in [5.41, 5.74) is 1.81. The molecule has 8 nitrogen and oxygen atoms in total. The van der Waals surface area contributed by atoms with Gasteiger partial charge in [-0.05, 0) is 61.0 Å². The summed E-state index contributed by atoms with van der Waals surface area (Å²) >= 11 is 6.04. The maximum absolute atomic E-state index is 13.3. The molecule has 0 saturated carbocycles. The van der Waals surface area contributed by atoms with Crippen molar-refractivity contribution in [3.63, 3.8) is 0 Å². The first kappa shape index (κ1) is 24.9. The van der Waals surface area contributed by atoms with Crippen LogP contribution in [0.4, 0.5) is 5.69 Å². The van der Waals surface area contributed by atoms with Crippen molar-refractivity contribution in [2.45, 2.75) is 23.3 Å². The van der Waals surface area contributed by atoms with E-state index >= 15 is 0 Å². The molecule has 0 radical (unpaired) electrons. The second kappa shape index (κ2) is 10.0. The number of rotatable bonds is 8. The van der Waals surface area contributed by atoms with Gasteiger partial charge in [0.1, 0.15) is 0 Å². The molecule has 174 valence electrons. The average Bonchev–Trinajstić information content (AvgIpc) is 2.73. The summed E-state index contributed by atoms with van der Waals surface area (Å²) < 4.78 is 50.4. The number of sulfonamides is 2. The van der Waals surface area contributed by atoms with Gasteiger partial charge in [-0.3, -0.25) is 4.79 Å². The molecule has 0 bridgehead atoms. The fraction of sp³-hybridized carbons (Fsp3) is 0.136. The van der Waals surface area contributed by atoms with Crippen molar-refractivity contribution < 1.29 is 21.6 Å². The highest BCUT2D eigenvalue weighted by molar-refractivity contribution is 7.89. The SMILES string of the molecule is Cc1ccc(S(=O)(=O)N(CC(=O)Nc2ccc(S(N)(=O)=O)cc2)Cc2cccc(Cl)c2)cc1. The molecule has 0 saturated heterocycles. The van der Waals surface area contributed by atoms with Gasteiger partial charge in [0.2, 0.25) is 26.0 Å². The molecule has 1 amide bonds. The summed E-state index contributed by atoms with van der Waals surface area (Å²) in [4.78, 5) is 12.7. The predicted molar refractivity (Wildman–Crippen MR) is 127 cm³/mol. The Kier molecular flexibility index (Phi) is 7.55. The van der Waals surface area contributed by atoms with Crippen LogP contribution in [-0.2, 0) is 31.4 Å². The van der Waals surface area contributed by atoms with Crippen LogP contribution in [-0.4, -0.2) is 33.6 Å². The molecule has 3 aromatic carbocycles. The lowest BCUT2D eigenvalue weighted by Gasteiger charge is -2.22. The number of halogens is 1. The van der Waals surface area contributed by atoms with E-state index < -0.39 is 32.5 Å². The number of aryl methyl sites for hydroxylation is 1. The van der Waals surface area contributed by atoms with Crippen LogP contribution in [0.3, 0.4) is 0 Å². The number of hydrogen-bond donors (Lipinski definition) is 2. The molecule has 0 unspecified atom stereocenters. The number of primary sulfonamides is 1. The van der Waals surface area contributed by atoms with Gasteiger partial charge in [-0.2, -0.15) is 4.31 Å². The van der Waals surface area contributed by atoms with Crippen molar-refractivity contribution in [3.8, 4) is 0 Å². The fourth-order valence-electron chi connectivity index (χ4n) is 3.01. The Bertz CT molecular complexity index is 1360. The number of hydrogen-bond acceptors (Lipinski definition) is 5. The number of amides is 1. The zero-order valence-corrected chi connectivity index (χ0v) is 20.0. The highest BCUT2D eigenvalue weighted by Gasteiger charge is 2.27. The molecule has 0 spiro atoms. The minimum absolute atomic E-state index is 0.0560. The van der Waals surface area contributed by atoms with E-state index in [2.05, 4.69) is 5.32 Å². The fourth-order valence-corrected chi connectivity index (χ4v) is 5.13. The van der Waals surface area contributed by atoms with Gasteiger partial charge in [-0.15, -0.1) is 0 Å². The third-order valence-electron chi connectivity index (χ3n) is 4.69. The Hall–Kier alpha value is -2.76. The third-order valence-corrected chi connectivity index (χ3v) is 7.66. The van der Waals surface area contributed by atoms with Crippen LogP contribution in [0.1, 0.15) is 11.1 Å². The van der Waals surface area contributed by atoms with Crippen LogP contribution in [0.2, 0.25) is 5.02 Å². The molecule has 0 aliphatic carbocycles. The third kappa shape index (κ3) is 6.62. The van der Waals surface area contributed by atoms with E-state index in [1.807, 2.05) is 6.92 Å². The lowest BCUT2D eigenvalue weighted by Crippen LogP contribution is -2.37. The molecule has 33 heavy (non-hydrogen) atoms. The maximum atomic E-state index is 13.3. The number of nitrogens with zero attached hydrogens (tertiary/aromatic N) is 1. The molecular weight excluding hydrogens is 486 g/mol. The minimum Gasteiger partial charge on any atom is -0.325 e. The van der Waals surface area contributed by atoms with E-state index in [-0.39, 0.29) is 16.3 Å². The summed E-state index contributed by atoms with van der Waals surface area (Å²) in [5, 5.41) is 8.09. The van der Waals surface area contributed by atoms with Gasteiger partial charge in [0.05, 0.1) is 16.3 Å². The molecule has 11 heteroatoms. The van der Waals surface area contributed by atoms with Gasteiger partial charge in [0.15, 0.2) is 0 Å². The van der Waals surface area contributed by atoms with Gasteiger partial charge < -0.3 is 5.32 Å². The largest absolute Gasteiger partial charge is 0.325 e. The number of nitrogens with one attached hydrogen (secondary N) is 1. The van der Waals surface area contributed by atoms with Crippen molar-refractivity contribution in [2.24, 2.45) is 5.14 Å². The van der Waals surface area contributed by atoms with Crippen molar-refractivity contribution in [3.05, 3.63) is 88.9 Å². The summed E-state index contributed by atoms with van der Waals surface area (Å²) in [6.45, 7) is 1.29. The smallest absolute Gasteiger partial charge is 0.243 e. The summed E-state index contributed by atoms with van der Waals surface area (Å²) in [6, 6.07) is 18.3.